The molecule has 0 atom stereocenters. The lowest BCUT2D eigenvalue weighted by atomic mass is 10.1. The number of hydrogen-bond donors (Lipinski definition) is 2. The highest BCUT2D eigenvalue weighted by Crippen LogP contribution is 2.06. The first kappa shape index (κ1) is 17.9. The van der Waals surface area contributed by atoms with Gasteiger partial charge in [-0.3, -0.25) is 4.99 Å². The Bertz CT molecular complexity index is 424. The van der Waals surface area contributed by atoms with Gasteiger partial charge in [0.1, 0.15) is 0 Å². The third-order valence-electron chi connectivity index (χ3n) is 3.05. The van der Waals surface area contributed by atoms with Crippen molar-refractivity contribution in [3.05, 3.63) is 35.4 Å². The van der Waals surface area contributed by atoms with Crippen LogP contribution >= 0.6 is 11.8 Å². The van der Waals surface area contributed by atoms with E-state index in [0.29, 0.717) is 6.61 Å². The van der Waals surface area contributed by atoms with Crippen molar-refractivity contribution in [3.63, 3.8) is 0 Å². The van der Waals surface area contributed by atoms with Crippen LogP contribution in [0.15, 0.2) is 29.3 Å². The Labute approximate surface area is 132 Å². The third-order valence-corrected chi connectivity index (χ3v) is 3.75. The number of nitrogens with one attached hydrogen (secondary N) is 2. The van der Waals surface area contributed by atoms with Gasteiger partial charge in [0.2, 0.25) is 0 Å². The molecule has 0 saturated heterocycles. The molecule has 0 aliphatic heterocycles. The second kappa shape index (κ2) is 11.5. The summed E-state index contributed by atoms with van der Waals surface area (Å²) >= 11 is 1.90. The van der Waals surface area contributed by atoms with Gasteiger partial charge in [-0.15, -0.1) is 0 Å². The van der Waals surface area contributed by atoms with Crippen LogP contribution in [0.4, 0.5) is 0 Å². The molecular weight excluding hydrogens is 282 g/mol. The van der Waals surface area contributed by atoms with Crippen molar-refractivity contribution in [1.29, 1.82) is 0 Å². The molecule has 1 aromatic rings. The number of benzene rings is 1. The number of rotatable bonds is 9. The van der Waals surface area contributed by atoms with Crippen LogP contribution in [0.3, 0.4) is 0 Å². The summed E-state index contributed by atoms with van der Waals surface area (Å²) in [6, 6.07) is 8.40. The molecule has 0 aliphatic carbocycles. The fourth-order valence-electron chi connectivity index (χ4n) is 1.98. The predicted octanol–water partition coefficient (Wildman–Crippen LogP) is 2.64. The van der Waals surface area contributed by atoms with Crippen molar-refractivity contribution < 1.29 is 4.74 Å². The van der Waals surface area contributed by atoms with Crippen molar-refractivity contribution in [3.8, 4) is 0 Å². The average Bonchev–Trinajstić information content (AvgIpc) is 2.51. The van der Waals surface area contributed by atoms with E-state index in [9.17, 15) is 0 Å². The van der Waals surface area contributed by atoms with Crippen molar-refractivity contribution in [2.45, 2.75) is 26.0 Å². The summed E-state index contributed by atoms with van der Waals surface area (Å²) in [7, 11) is 3.52. The highest BCUT2D eigenvalue weighted by atomic mass is 32.2. The minimum absolute atomic E-state index is 0.649. The van der Waals surface area contributed by atoms with E-state index in [1.807, 2.05) is 11.8 Å². The second-order valence-electron chi connectivity index (χ2n) is 4.81. The van der Waals surface area contributed by atoms with Crippen molar-refractivity contribution >= 4 is 17.7 Å². The number of methoxy groups -OCH3 is 1. The Morgan fingerprint density at radius 3 is 2.76 bits per heavy atom. The minimum Gasteiger partial charge on any atom is -0.380 e. The number of nitrogens with zero attached hydrogens (tertiary/aromatic N) is 1. The number of unbranched alkanes of at least 4 members (excludes halogenated alkanes) is 1. The molecule has 0 aliphatic rings. The maximum atomic E-state index is 5.16. The van der Waals surface area contributed by atoms with Crippen LogP contribution in [0.5, 0.6) is 0 Å². The van der Waals surface area contributed by atoms with Gasteiger partial charge in [0.15, 0.2) is 5.96 Å². The molecular formula is C16H27N3OS. The standard InChI is InChI=1S/C16H27N3OS/c1-17-16(18-9-4-5-10-21-3)19-12-14-7-6-8-15(11-14)13-20-2/h6-8,11H,4-5,9-10,12-13H2,1-3H3,(H2,17,18,19). The van der Waals surface area contributed by atoms with E-state index in [1.165, 1.54) is 29.7 Å². The molecule has 0 heterocycles. The average molecular weight is 309 g/mol. The van der Waals surface area contributed by atoms with Gasteiger partial charge in [-0.25, -0.2) is 0 Å². The maximum Gasteiger partial charge on any atom is 0.191 e. The molecule has 118 valence electrons. The Morgan fingerprint density at radius 1 is 1.24 bits per heavy atom. The van der Waals surface area contributed by atoms with Crippen LogP contribution < -0.4 is 10.6 Å². The van der Waals surface area contributed by atoms with E-state index in [2.05, 4.69) is 46.1 Å². The van der Waals surface area contributed by atoms with Gasteiger partial charge in [0, 0.05) is 27.2 Å². The summed E-state index contributed by atoms with van der Waals surface area (Å²) in [6.45, 7) is 2.38. The van der Waals surface area contributed by atoms with E-state index in [-0.39, 0.29) is 0 Å². The topological polar surface area (TPSA) is 45.7 Å². The van der Waals surface area contributed by atoms with Crippen LogP contribution in [0.1, 0.15) is 24.0 Å². The molecule has 0 fully saturated rings. The fraction of sp³-hybridized carbons (Fsp3) is 0.562. The molecule has 21 heavy (non-hydrogen) atoms. The zero-order valence-electron chi connectivity index (χ0n) is 13.3. The quantitative estimate of drug-likeness (QED) is 0.418. The van der Waals surface area contributed by atoms with Gasteiger partial charge in [0.05, 0.1) is 6.61 Å². The van der Waals surface area contributed by atoms with E-state index in [0.717, 1.165) is 19.0 Å². The molecule has 0 bridgehead atoms. The monoisotopic (exact) mass is 309 g/mol. The first-order valence-corrected chi connectivity index (χ1v) is 8.69. The van der Waals surface area contributed by atoms with Crippen molar-refractivity contribution in [2.24, 2.45) is 4.99 Å². The lowest BCUT2D eigenvalue weighted by Crippen LogP contribution is -2.37. The lowest BCUT2D eigenvalue weighted by molar-refractivity contribution is 0.185. The highest BCUT2D eigenvalue weighted by molar-refractivity contribution is 7.98. The number of hydrogen-bond acceptors (Lipinski definition) is 3. The zero-order chi connectivity index (χ0) is 15.3. The molecule has 5 heteroatoms. The van der Waals surface area contributed by atoms with Gasteiger partial charge in [0.25, 0.3) is 0 Å². The van der Waals surface area contributed by atoms with E-state index in [1.54, 1.807) is 14.2 Å². The van der Waals surface area contributed by atoms with Gasteiger partial charge in [-0.1, -0.05) is 24.3 Å². The first-order valence-electron chi connectivity index (χ1n) is 7.30. The van der Waals surface area contributed by atoms with Crippen LogP contribution in [0.2, 0.25) is 0 Å². The number of guanidine groups is 1. The van der Waals surface area contributed by atoms with E-state index in [4.69, 9.17) is 4.74 Å². The molecule has 1 aromatic carbocycles. The molecule has 0 unspecified atom stereocenters. The van der Waals surface area contributed by atoms with Crippen molar-refractivity contribution in [2.75, 3.05) is 32.7 Å². The summed E-state index contributed by atoms with van der Waals surface area (Å²) in [4.78, 5) is 4.24. The van der Waals surface area contributed by atoms with Crippen LogP contribution in [0.25, 0.3) is 0 Å². The van der Waals surface area contributed by atoms with Crippen LogP contribution in [-0.2, 0) is 17.9 Å². The van der Waals surface area contributed by atoms with Crippen LogP contribution in [-0.4, -0.2) is 38.7 Å². The van der Waals surface area contributed by atoms with Crippen LogP contribution in [0, 0.1) is 0 Å². The maximum absolute atomic E-state index is 5.16. The number of aliphatic imine (C=N–C) groups is 1. The summed E-state index contributed by atoms with van der Waals surface area (Å²) in [5.74, 6) is 2.08. The Kier molecular flexibility index (Phi) is 9.74. The van der Waals surface area contributed by atoms with Gasteiger partial charge < -0.3 is 15.4 Å². The molecule has 1 rings (SSSR count). The lowest BCUT2D eigenvalue weighted by Gasteiger charge is -2.12. The summed E-state index contributed by atoms with van der Waals surface area (Å²) in [6.07, 6.45) is 4.56. The first-order chi connectivity index (χ1) is 10.3. The molecule has 2 N–H and O–H groups in total. The Balaban J connectivity index is 2.32. The largest absolute Gasteiger partial charge is 0.380 e. The predicted molar refractivity (Wildman–Crippen MR) is 93.0 cm³/mol. The zero-order valence-corrected chi connectivity index (χ0v) is 14.1. The van der Waals surface area contributed by atoms with Gasteiger partial charge in [-0.05, 0) is 36.0 Å². The Morgan fingerprint density at radius 2 is 2.05 bits per heavy atom. The number of ether oxygens (including phenoxy) is 1. The fourth-order valence-corrected chi connectivity index (χ4v) is 2.47. The highest BCUT2D eigenvalue weighted by Gasteiger charge is 1.99. The third kappa shape index (κ3) is 7.97. The van der Waals surface area contributed by atoms with E-state index >= 15 is 0 Å². The summed E-state index contributed by atoms with van der Waals surface area (Å²) in [5, 5.41) is 6.68. The molecule has 0 radical (unpaired) electrons. The smallest absolute Gasteiger partial charge is 0.191 e. The summed E-state index contributed by atoms with van der Waals surface area (Å²) in [5.41, 5.74) is 2.42. The SMILES string of the molecule is CN=C(NCCCCSC)NCc1cccc(COC)c1. The Hall–Kier alpha value is -1.20. The summed E-state index contributed by atoms with van der Waals surface area (Å²) < 4.78 is 5.16. The molecule has 0 amide bonds. The van der Waals surface area contributed by atoms with Gasteiger partial charge in [-0.2, -0.15) is 11.8 Å². The normalized spacial score (nSPS) is 11.5. The minimum atomic E-state index is 0.649. The van der Waals surface area contributed by atoms with E-state index < -0.39 is 0 Å². The molecule has 0 spiro atoms. The molecule has 0 saturated carbocycles. The number of thioether (sulfide) groups is 1. The van der Waals surface area contributed by atoms with Crippen molar-refractivity contribution in [1.82, 2.24) is 10.6 Å². The molecule has 0 aromatic heterocycles. The molecule has 4 nitrogen and oxygen atoms in total. The second-order valence-corrected chi connectivity index (χ2v) is 5.79. The van der Waals surface area contributed by atoms with Gasteiger partial charge >= 0.3 is 0 Å².